The Morgan fingerprint density at radius 1 is 1.46 bits per heavy atom. The summed E-state index contributed by atoms with van der Waals surface area (Å²) in [6, 6.07) is 0.181. The zero-order valence-electron chi connectivity index (χ0n) is 15.6. The highest BCUT2D eigenvalue weighted by molar-refractivity contribution is 6.33. The van der Waals surface area contributed by atoms with Gasteiger partial charge < -0.3 is 15.2 Å². The van der Waals surface area contributed by atoms with Crippen molar-refractivity contribution in [3.8, 4) is 5.88 Å². The van der Waals surface area contributed by atoms with Crippen molar-refractivity contribution in [2.24, 2.45) is 23.2 Å². The first-order valence-electron chi connectivity index (χ1n) is 9.08. The molecule has 0 saturated heterocycles. The van der Waals surface area contributed by atoms with Gasteiger partial charge in [-0.1, -0.05) is 32.4 Å². The molecule has 2 bridgehead atoms. The Morgan fingerprint density at radius 3 is 2.69 bits per heavy atom. The van der Waals surface area contributed by atoms with Crippen LogP contribution in [0.3, 0.4) is 0 Å². The van der Waals surface area contributed by atoms with Gasteiger partial charge in [-0.3, -0.25) is 9.59 Å². The fraction of sp³-hybridized carbons (Fsp3) is 0.722. The molecule has 3 aliphatic rings. The van der Waals surface area contributed by atoms with Crippen LogP contribution in [0.5, 0.6) is 5.88 Å². The molecule has 7 nitrogen and oxygen atoms in total. The van der Waals surface area contributed by atoms with Gasteiger partial charge >= 0.3 is 5.97 Å². The monoisotopic (exact) mass is 383 g/mol. The molecule has 1 unspecified atom stereocenters. The number of hydrogen-bond acceptors (Lipinski definition) is 5. The van der Waals surface area contributed by atoms with E-state index in [1.165, 1.54) is 6.42 Å². The Bertz CT molecular complexity index is 776. The minimum atomic E-state index is -1.16. The Morgan fingerprint density at radius 2 is 2.15 bits per heavy atom. The number of carbonyl (C=O) groups is 1. The molecule has 0 radical (unpaired) electrons. The number of nitrogens with zero attached hydrogens (tertiary/aromatic N) is 2. The van der Waals surface area contributed by atoms with E-state index in [9.17, 15) is 9.59 Å². The summed E-state index contributed by atoms with van der Waals surface area (Å²) in [6.45, 7) is 8.45. The quantitative estimate of drug-likeness (QED) is 0.784. The van der Waals surface area contributed by atoms with Crippen LogP contribution in [0.15, 0.2) is 4.79 Å². The molecule has 1 aromatic rings. The van der Waals surface area contributed by atoms with Gasteiger partial charge in [0.15, 0.2) is 0 Å². The van der Waals surface area contributed by atoms with Crippen LogP contribution >= 0.6 is 11.6 Å². The van der Waals surface area contributed by atoms with Gasteiger partial charge in [0.2, 0.25) is 0 Å². The number of rotatable bonds is 6. The highest BCUT2D eigenvalue weighted by Gasteiger charge is 2.56. The van der Waals surface area contributed by atoms with Crippen molar-refractivity contribution in [1.82, 2.24) is 9.78 Å². The van der Waals surface area contributed by atoms with Gasteiger partial charge in [0.05, 0.1) is 6.61 Å². The molecule has 0 aromatic carbocycles. The fourth-order valence-corrected chi connectivity index (χ4v) is 4.88. The van der Waals surface area contributed by atoms with Crippen LogP contribution in [0.25, 0.3) is 0 Å². The molecule has 0 spiro atoms. The van der Waals surface area contributed by atoms with Crippen LogP contribution in [-0.2, 0) is 11.3 Å². The van der Waals surface area contributed by atoms with E-state index in [1.807, 2.05) is 0 Å². The second kappa shape index (κ2) is 6.76. The predicted octanol–water partition coefficient (Wildman–Crippen LogP) is 2.86. The van der Waals surface area contributed by atoms with Gasteiger partial charge in [-0.15, -0.1) is 5.10 Å². The van der Waals surface area contributed by atoms with Crippen molar-refractivity contribution in [2.75, 3.05) is 11.9 Å². The molecule has 0 aliphatic heterocycles. The van der Waals surface area contributed by atoms with Crippen LogP contribution in [0, 0.1) is 23.2 Å². The van der Waals surface area contributed by atoms with Crippen molar-refractivity contribution in [3.05, 3.63) is 15.4 Å². The molecule has 26 heavy (non-hydrogen) atoms. The number of nitrogens with one attached hydrogen (secondary N) is 1. The van der Waals surface area contributed by atoms with Crippen LogP contribution in [0.4, 0.5) is 5.69 Å². The topological polar surface area (TPSA) is 93.5 Å². The highest BCUT2D eigenvalue weighted by Crippen LogP contribution is 2.61. The molecular weight excluding hydrogens is 358 g/mol. The molecule has 3 aliphatic carbocycles. The lowest BCUT2D eigenvalue weighted by Gasteiger charge is -2.62. The van der Waals surface area contributed by atoms with E-state index in [2.05, 4.69) is 31.2 Å². The van der Waals surface area contributed by atoms with E-state index >= 15 is 0 Å². The molecule has 4 atom stereocenters. The van der Waals surface area contributed by atoms with E-state index in [4.69, 9.17) is 21.4 Å². The summed E-state index contributed by atoms with van der Waals surface area (Å²) >= 11 is 6.28. The number of aromatic nitrogens is 2. The minimum Gasteiger partial charge on any atom is -0.480 e. The third-order valence-corrected chi connectivity index (χ3v) is 6.67. The minimum absolute atomic E-state index is 0.0737. The second-order valence-electron chi connectivity index (χ2n) is 7.99. The Labute approximate surface area is 157 Å². The van der Waals surface area contributed by atoms with Gasteiger partial charge in [-0.2, -0.15) is 0 Å². The van der Waals surface area contributed by atoms with Gasteiger partial charge in [-0.25, -0.2) is 4.68 Å². The van der Waals surface area contributed by atoms with Crippen molar-refractivity contribution in [1.29, 1.82) is 0 Å². The molecule has 4 rings (SSSR count). The van der Waals surface area contributed by atoms with E-state index in [1.54, 1.807) is 6.92 Å². The van der Waals surface area contributed by atoms with Crippen LogP contribution in [0.1, 0.15) is 40.5 Å². The summed E-state index contributed by atoms with van der Waals surface area (Å²) in [4.78, 5) is 23.3. The lowest BCUT2D eigenvalue weighted by Crippen LogP contribution is -2.58. The van der Waals surface area contributed by atoms with Crippen molar-refractivity contribution < 1.29 is 14.6 Å². The number of halogens is 1. The molecule has 8 heteroatoms. The Kier molecular flexibility index (Phi) is 4.94. The number of fused-ring (bicyclic) bond motifs is 2. The highest BCUT2D eigenvalue weighted by atomic mass is 35.5. The summed E-state index contributed by atoms with van der Waals surface area (Å²) in [5.41, 5.74) is 0.0953. The summed E-state index contributed by atoms with van der Waals surface area (Å²) in [6.07, 6.45) is 2.25. The van der Waals surface area contributed by atoms with E-state index in [0.717, 1.165) is 11.1 Å². The lowest BCUT2D eigenvalue weighted by atomic mass is 9.45. The molecule has 3 fully saturated rings. The molecule has 144 valence electrons. The smallest absolute Gasteiger partial charge is 0.325 e. The molecule has 3 saturated carbocycles. The van der Waals surface area contributed by atoms with Gasteiger partial charge in [0.1, 0.15) is 17.3 Å². The van der Waals surface area contributed by atoms with E-state index < -0.39 is 18.1 Å². The standard InChI is InChI=1S/C18H26ClN3O4/c1-5-26-16-15(14(19)17(25)22(21-16)8-13(23)24)20-12-7-10-6-11(9(12)2)18(10,3)4/h9-12,20H,5-8H2,1-4H3,(H,23,24)/t9?,10-,11+,12+/m0/s1. The second-order valence-corrected chi connectivity index (χ2v) is 8.37. The number of ether oxygens (including phenoxy) is 1. The summed E-state index contributed by atoms with van der Waals surface area (Å²) in [5.74, 6) is 0.720. The van der Waals surface area contributed by atoms with Crippen LogP contribution in [0.2, 0.25) is 5.02 Å². The predicted molar refractivity (Wildman–Crippen MR) is 98.9 cm³/mol. The number of aliphatic carboxylic acids is 1. The van der Waals surface area contributed by atoms with Gasteiger partial charge in [0.25, 0.3) is 11.4 Å². The molecule has 1 aromatic heterocycles. The number of carboxylic acid groups (broad SMARTS) is 1. The number of hydrogen-bond donors (Lipinski definition) is 2. The summed E-state index contributed by atoms with van der Waals surface area (Å²) in [7, 11) is 0. The Hall–Kier alpha value is -1.76. The first-order chi connectivity index (χ1) is 12.2. The van der Waals surface area contributed by atoms with E-state index in [-0.39, 0.29) is 16.9 Å². The lowest BCUT2D eigenvalue weighted by molar-refractivity contribution is -0.138. The van der Waals surface area contributed by atoms with E-state index in [0.29, 0.717) is 35.5 Å². The third kappa shape index (κ3) is 3.06. The number of anilines is 1. The van der Waals surface area contributed by atoms with Crippen LogP contribution in [-0.4, -0.2) is 33.5 Å². The summed E-state index contributed by atoms with van der Waals surface area (Å²) in [5, 5.41) is 16.3. The SMILES string of the molecule is CCOc1nn(CC(=O)O)c(=O)c(Cl)c1N[C@@H]1C[C@@H]2C[C@H](C1C)C2(C)C. The maximum absolute atomic E-state index is 12.4. The average molecular weight is 384 g/mol. The van der Waals surface area contributed by atoms with Gasteiger partial charge in [-0.05, 0) is 42.9 Å². The maximum atomic E-state index is 12.4. The van der Waals surface area contributed by atoms with Crippen molar-refractivity contribution in [3.63, 3.8) is 0 Å². The zero-order valence-corrected chi connectivity index (χ0v) is 16.3. The summed E-state index contributed by atoms with van der Waals surface area (Å²) < 4.78 is 6.37. The molecular formula is C18H26ClN3O4. The fourth-order valence-electron chi connectivity index (χ4n) is 4.64. The molecule has 0 amide bonds. The maximum Gasteiger partial charge on any atom is 0.325 e. The molecule has 2 N–H and O–H groups in total. The largest absolute Gasteiger partial charge is 0.480 e. The third-order valence-electron chi connectivity index (χ3n) is 6.32. The van der Waals surface area contributed by atoms with Crippen molar-refractivity contribution in [2.45, 2.75) is 53.1 Å². The average Bonchev–Trinajstić information content (AvgIpc) is 2.56. The van der Waals surface area contributed by atoms with Gasteiger partial charge in [0, 0.05) is 6.04 Å². The number of carboxylic acids is 1. The van der Waals surface area contributed by atoms with Crippen molar-refractivity contribution >= 4 is 23.3 Å². The Balaban J connectivity index is 1.91. The first kappa shape index (κ1) is 19.0. The first-order valence-corrected chi connectivity index (χ1v) is 9.46. The van der Waals surface area contributed by atoms with Crippen LogP contribution < -0.4 is 15.6 Å². The normalized spacial score (nSPS) is 29.0. The molecule has 1 heterocycles. The zero-order chi connectivity index (χ0) is 19.2.